The third kappa shape index (κ3) is 4.25. The topological polar surface area (TPSA) is 78.2 Å². The average molecular weight is 404 g/mol. The van der Waals surface area contributed by atoms with Crippen molar-refractivity contribution in [3.8, 4) is 0 Å². The van der Waals surface area contributed by atoms with Crippen LogP contribution in [0.4, 0.5) is 5.69 Å². The van der Waals surface area contributed by atoms with Gasteiger partial charge in [-0.25, -0.2) is 0 Å². The van der Waals surface area contributed by atoms with Crippen LogP contribution < -0.4 is 10.2 Å². The summed E-state index contributed by atoms with van der Waals surface area (Å²) in [5.41, 5.74) is 0.988. The van der Waals surface area contributed by atoms with Crippen LogP contribution in [-0.4, -0.2) is 96.5 Å². The summed E-state index contributed by atoms with van der Waals surface area (Å²) in [5.74, 6) is 0.891. The van der Waals surface area contributed by atoms with Crippen molar-refractivity contribution in [2.75, 3.05) is 64.4 Å². The zero-order chi connectivity index (χ0) is 20.3. The van der Waals surface area contributed by atoms with E-state index in [0.29, 0.717) is 13.1 Å². The lowest BCUT2D eigenvalue weighted by molar-refractivity contribution is -0.120. The summed E-state index contributed by atoms with van der Waals surface area (Å²) in [6, 6.07) is 0. The molecule has 0 spiro atoms. The summed E-state index contributed by atoms with van der Waals surface area (Å²) < 4.78 is 7.37. The Morgan fingerprint density at radius 2 is 2.00 bits per heavy atom. The van der Waals surface area contributed by atoms with Gasteiger partial charge in [0, 0.05) is 58.7 Å². The van der Waals surface area contributed by atoms with Gasteiger partial charge in [0.2, 0.25) is 5.91 Å². The first-order chi connectivity index (χ1) is 14.1. The van der Waals surface area contributed by atoms with Gasteiger partial charge in [-0.05, 0) is 38.8 Å². The number of hydrogen-bond donors (Lipinski definition) is 1. The zero-order valence-electron chi connectivity index (χ0n) is 17.6. The fourth-order valence-electron chi connectivity index (χ4n) is 4.80. The van der Waals surface area contributed by atoms with Crippen molar-refractivity contribution in [1.29, 1.82) is 0 Å². The Kier molecular flexibility index (Phi) is 6.05. The van der Waals surface area contributed by atoms with E-state index in [9.17, 15) is 4.79 Å². The number of anilines is 1. The normalized spacial score (nSPS) is 23.7. The van der Waals surface area contributed by atoms with E-state index in [1.807, 2.05) is 13.2 Å². The van der Waals surface area contributed by atoms with Crippen molar-refractivity contribution in [2.24, 2.45) is 12.0 Å². The van der Waals surface area contributed by atoms with Crippen molar-refractivity contribution in [3.05, 3.63) is 12.4 Å². The number of carbonyl (C=O) groups is 1. The van der Waals surface area contributed by atoms with Crippen LogP contribution in [0.25, 0.3) is 0 Å². The minimum absolute atomic E-state index is 0.0764. The Hall–Kier alpha value is -2.13. The molecule has 1 aromatic rings. The van der Waals surface area contributed by atoms with E-state index >= 15 is 0 Å². The van der Waals surface area contributed by atoms with Gasteiger partial charge >= 0.3 is 0 Å². The quantitative estimate of drug-likeness (QED) is 0.575. The Bertz CT molecular complexity index is 735. The van der Waals surface area contributed by atoms with Gasteiger partial charge in [0.15, 0.2) is 5.96 Å². The number of piperazine rings is 1. The number of amides is 1. The highest BCUT2D eigenvalue weighted by Crippen LogP contribution is 2.30. The molecule has 160 valence electrons. The van der Waals surface area contributed by atoms with E-state index in [2.05, 4.69) is 25.2 Å². The number of aryl methyl sites for hydroxylation is 1. The summed E-state index contributed by atoms with van der Waals surface area (Å²) >= 11 is 0. The van der Waals surface area contributed by atoms with Gasteiger partial charge in [-0.3, -0.25) is 19.4 Å². The fraction of sp³-hybridized carbons (Fsp3) is 0.750. The number of carbonyl (C=O) groups excluding carboxylic acids is 1. The van der Waals surface area contributed by atoms with E-state index in [1.165, 1.54) is 25.9 Å². The van der Waals surface area contributed by atoms with Gasteiger partial charge < -0.3 is 19.9 Å². The molecule has 1 N–H and O–H groups in total. The lowest BCUT2D eigenvalue weighted by Gasteiger charge is -2.45. The second kappa shape index (κ2) is 8.71. The lowest BCUT2D eigenvalue weighted by atomic mass is 9.88. The Morgan fingerprint density at radius 1 is 1.24 bits per heavy atom. The number of ether oxygens (including phenoxy) is 1. The molecule has 4 rings (SSSR count). The maximum atomic E-state index is 12.8. The first kappa shape index (κ1) is 20.2. The van der Waals surface area contributed by atoms with Gasteiger partial charge in [-0.2, -0.15) is 5.10 Å². The van der Waals surface area contributed by atoms with Crippen molar-refractivity contribution >= 4 is 17.6 Å². The highest BCUT2D eigenvalue weighted by molar-refractivity contribution is 5.98. The molecule has 29 heavy (non-hydrogen) atoms. The van der Waals surface area contributed by atoms with E-state index in [-0.39, 0.29) is 11.4 Å². The van der Waals surface area contributed by atoms with Crippen molar-refractivity contribution < 1.29 is 9.53 Å². The molecule has 3 aliphatic rings. The van der Waals surface area contributed by atoms with Crippen LogP contribution in [0.5, 0.6) is 0 Å². The SMILES string of the molecule is CN=C(NCC1(N2CCCC2)CCOCC1)N1CCN(c2cnn(C)c2)C(=O)C1. The number of rotatable bonds is 4. The van der Waals surface area contributed by atoms with Crippen molar-refractivity contribution in [1.82, 2.24) is 24.9 Å². The number of likely N-dealkylation sites (tertiary alicyclic amines) is 1. The van der Waals surface area contributed by atoms with Crippen LogP contribution in [0.3, 0.4) is 0 Å². The molecule has 0 aliphatic carbocycles. The zero-order valence-corrected chi connectivity index (χ0v) is 17.6. The van der Waals surface area contributed by atoms with E-state index in [4.69, 9.17) is 4.74 Å². The molecule has 1 aromatic heterocycles. The van der Waals surface area contributed by atoms with Gasteiger partial charge in [-0.15, -0.1) is 0 Å². The number of aromatic nitrogens is 2. The minimum atomic E-state index is 0.0764. The molecule has 0 atom stereocenters. The maximum absolute atomic E-state index is 12.8. The Morgan fingerprint density at radius 3 is 2.62 bits per heavy atom. The van der Waals surface area contributed by atoms with Crippen molar-refractivity contribution in [3.63, 3.8) is 0 Å². The first-order valence-corrected chi connectivity index (χ1v) is 10.7. The standard InChI is InChI=1S/C20H33N7O2/c1-21-19(22-16-20(5-11-29-12-6-20)26-7-3-4-8-26)25-9-10-27(18(28)15-25)17-13-23-24(2)14-17/h13-14H,3-12,15-16H2,1-2H3,(H,21,22). The van der Waals surface area contributed by atoms with Crippen LogP contribution in [0.15, 0.2) is 17.4 Å². The molecule has 9 heteroatoms. The largest absolute Gasteiger partial charge is 0.381 e. The number of aliphatic imine (C=N–C) groups is 1. The van der Waals surface area contributed by atoms with Crippen molar-refractivity contribution in [2.45, 2.75) is 31.2 Å². The smallest absolute Gasteiger partial charge is 0.246 e. The predicted molar refractivity (Wildman–Crippen MR) is 112 cm³/mol. The summed E-state index contributed by atoms with van der Waals surface area (Å²) in [6.07, 6.45) is 8.27. The van der Waals surface area contributed by atoms with Gasteiger partial charge in [0.05, 0.1) is 11.9 Å². The number of guanidine groups is 1. The second-order valence-electron chi connectivity index (χ2n) is 8.27. The molecule has 3 fully saturated rings. The van der Waals surface area contributed by atoms with Crippen LogP contribution in [0.1, 0.15) is 25.7 Å². The molecule has 0 bridgehead atoms. The lowest BCUT2D eigenvalue weighted by Crippen LogP contribution is -2.61. The molecule has 1 amide bonds. The monoisotopic (exact) mass is 403 g/mol. The fourth-order valence-corrected chi connectivity index (χ4v) is 4.80. The van der Waals surface area contributed by atoms with Gasteiger partial charge in [0.25, 0.3) is 0 Å². The van der Waals surface area contributed by atoms with Gasteiger partial charge in [-0.1, -0.05) is 0 Å². The molecule has 0 radical (unpaired) electrons. The summed E-state index contributed by atoms with van der Waals surface area (Å²) in [5, 5.41) is 7.78. The Labute approximate surface area is 172 Å². The third-order valence-corrected chi connectivity index (χ3v) is 6.51. The van der Waals surface area contributed by atoms with E-state index in [0.717, 1.165) is 50.8 Å². The first-order valence-electron chi connectivity index (χ1n) is 10.7. The van der Waals surface area contributed by atoms with Crippen LogP contribution in [0.2, 0.25) is 0 Å². The molecule has 3 aliphatic heterocycles. The van der Waals surface area contributed by atoms with Crippen LogP contribution in [0, 0.1) is 0 Å². The maximum Gasteiger partial charge on any atom is 0.246 e. The van der Waals surface area contributed by atoms with Crippen LogP contribution >= 0.6 is 0 Å². The number of nitrogens with zero attached hydrogens (tertiary/aromatic N) is 6. The molecule has 9 nitrogen and oxygen atoms in total. The summed E-state index contributed by atoms with van der Waals surface area (Å²) in [7, 11) is 3.66. The highest BCUT2D eigenvalue weighted by Gasteiger charge is 2.40. The minimum Gasteiger partial charge on any atom is -0.381 e. The molecular weight excluding hydrogens is 370 g/mol. The summed E-state index contributed by atoms with van der Waals surface area (Å²) in [6.45, 7) is 6.54. The van der Waals surface area contributed by atoms with Gasteiger partial charge in [0.1, 0.15) is 6.54 Å². The second-order valence-corrected chi connectivity index (χ2v) is 8.27. The molecule has 3 saturated heterocycles. The molecule has 0 saturated carbocycles. The number of nitrogens with one attached hydrogen (secondary N) is 1. The highest BCUT2D eigenvalue weighted by atomic mass is 16.5. The predicted octanol–water partition coefficient (Wildman–Crippen LogP) is 0.289. The molecule has 0 unspecified atom stereocenters. The summed E-state index contributed by atoms with van der Waals surface area (Å²) in [4.78, 5) is 23.7. The molecule has 0 aromatic carbocycles. The Balaban J connectivity index is 1.38. The average Bonchev–Trinajstić information content (AvgIpc) is 3.42. The third-order valence-electron chi connectivity index (χ3n) is 6.51. The number of hydrogen-bond acceptors (Lipinski definition) is 5. The van der Waals surface area contributed by atoms with Crippen LogP contribution in [-0.2, 0) is 16.6 Å². The van der Waals surface area contributed by atoms with E-state index < -0.39 is 0 Å². The molecular formula is C20H33N7O2. The molecule has 4 heterocycles. The van der Waals surface area contributed by atoms with E-state index in [1.54, 1.807) is 22.8 Å².